The number of amides is 1. The van der Waals surface area contributed by atoms with Gasteiger partial charge in [-0.05, 0) is 37.5 Å². The van der Waals surface area contributed by atoms with Gasteiger partial charge in [-0.25, -0.2) is 9.97 Å². The topological polar surface area (TPSA) is 64.1 Å². The van der Waals surface area contributed by atoms with Gasteiger partial charge in [0.25, 0.3) is 5.91 Å². The molecule has 0 atom stereocenters. The number of hydrogen-bond acceptors (Lipinski definition) is 5. The van der Waals surface area contributed by atoms with E-state index in [0.29, 0.717) is 23.2 Å². The monoisotopic (exact) mass is 351 g/mol. The summed E-state index contributed by atoms with van der Waals surface area (Å²) in [4.78, 5) is 22.6. The highest BCUT2D eigenvalue weighted by molar-refractivity contribution is 7.16. The lowest BCUT2D eigenvalue weighted by molar-refractivity contribution is 0.102. The minimum Gasteiger partial charge on any atom is -0.477 e. The minimum absolute atomic E-state index is 0.254. The molecule has 126 valence electrons. The summed E-state index contributed by atoms with van der Waals surface area (Å²) >= 11 is 1.54. The molecule has 1 aliphatic carbocycles. The second kappa shape index (κ2) is 6.64. The van der Waals surface area contributed by atoms with Gasteiger partial charge in [0, 0.05) is 16.6 Å². The number of carbonyl (C=O) groups is 1. The van der Waals surface area contributed by atoms with Crippen molar-refractivity contribution >= 4 is 22.4 Å². The van der Waals surface area contributed by atoms with Gasteiger partial charge in [0.1, 0.15) is 5.56 Å². The molecular weight excluding hydrogens is 334 g/mol. The highest BCUT2D eigenvalue weighted by Crippen LogP contribution is 2.38. The summed E-state index contributed by atoms with van der Waals surface area (Å²) in [5.74, 6) is 0.0881. The summed E-state index contributed by atoms with van der Waals surface area (Å²) in [5.41, 5.74) is 3.87. The summed E-state index contributed by atoms with van der Waals surface area (Å²) in [6, 6.07) is 11.7. The fourth-order valence-corrected chi connectivity index (χ4v) is 3.95. The molecule has 2 aromatic heterocycles. The van der Waals surface area contributed by atoms with E-state index in [0.717, 1.165) is 24.1 Å². The largest absolute Gasteiger partial charge is 0.477 e. The molecule has 1 aromatic carbocycles. The van der Waals surface area contributed by atoms with Gasteiger partial charge in [0.15, 0.2) is 5.13 Å². The van der Waals surface area contributed by atoms with Crippen molar-refractivity contribution in [3.63, 3.8) is 0 Å². The lowest BCUT2D eigenvalue weighted by atomic mass is 9.94. The van der Waals surface area contributed by atoms with Gasteiger partial charge in [-0.3, -0.25) is 10.1 Å². The Bertz CT molecular complexity index is 936. The van der Waals surface area contributed by atoms with E-state index < -0.39 is 0 Å². The molecule has 0 fully saturated rings. The molecule has 6 heteroatoms. The van der Waals surface area contributed by atoms with Crippen LogP contribution in [0.5, 0.6) is 5.88 Å². The number of ether oxygens (including phenoxy) is 1. The van der Waals surface area contributed by atoms with Crippen LogP contribution in [-0.2, 0) is 12.8 Å². The first-order valence-corrected chi connectivity index (χ1v) is 9.05. The van der Waals surface area contributed by atoms with Crippen molar-refractivity contribution in [2.24, 2.45) is 0 Å². The maximum atomic E-state index is 12.6. The molecule has 0 radical (unpaired) electrons. The van der Waals surface area contributed by atoms with Crippen molar-refractivity contribution in [3.8, 4) is 17.1 Å². The fraction of sp³-hybridized carbons (Fsp3) is 0.211. The molecule has 1 amide bonds. The molecule has 0 aliphatic heterocycles. The smallest absolute Gasteiger partial charge is 0.262 e. The third-order valence-corrected chi connectivity index (χ3v) is 5.14. The summed E-state index contributed by atoms with van der Waals surface area (Å²) in [7, 11) is 0. The molecule has 1 N–H and O–H groups in total. The van der Waals surface area contributed by atoms with Crippen LogP contribution in [0.3, 0.4) is 0 Å². The number of thiazole rings is 1. The van der Waals surface area contributed by atoms with E-state index in [1.165, 1.54) is 21.8 Å². The highest BCUT2D eigenvalue weighted by Gasteiger charge is 2.22. The molecule has 1 aliphatic rings. The molecule has 0 unspecified atom stereocenters. The fourth-order valence-electron chi connectivity index (χ4n) is 2.98. The third-order valence-electron chi connectivity index (χ3n) is 4.11. The van der Waals surface area contributed by atoms with E-state index in [1.807, 2.05) is 13.0 Å². The first-order chi connectivity index (χ1) is 12.3. The number of aryl methyl sites for hydroxylation is 2. The molecule has 25 heavy (non-hydrogen) atoms. The van der Waals surface area contributed by atoms with Crippen LogP contribution in [0.1, 0.15) is 27.7 Å². The number of benzene rings is 1. The molecule has 5 nitrogen and oxygen atoms in total. The Labute approximate surface area is 149 Å². The molecular formula is C19H17N3O2S. The highest BCUT2D eigenvalue weighted by atomic mass is 32.1. The number of carbonyl (C=O) groups excluding carboxylic acids is 1. The zero-order valence-corrected chi connectivity index (χ0v) is 14.6. The lowest BCUT2D eigenvalue weighted by Crippen LogP contribution is -2.14. The van der Waals surface area contributed by atoms with E-state index in [-0.39, 0.29) is 5.91 Å². The van der Waals surface area contributed by atoms with E-state index in [4.69, 9.17) is 4.74 Å². The van der Waals surface area contributed by atoms with Gasteiger partial charge < -0.3 is 4.74 Å². The van der Waals surface area contributed by atoms with Crippen molar-refractivity contribution in [2.75, 3.05) is 11.9 Å². The van der Waals surface area contributed by atoms with Crippen molar-refractivity contribution < 1.29 is 9.53 Å². The lowest BCUT2D eigenvalue weighted by Gasteiger charge is -2.13. The minimum atomic E-state index is -0.254. The molecule has 0 bridgehead atoms. The molecule has 3 aromatic rings. The molecule has 0 saturated carbocycles. The van der Waals surface area contributed by atoms with Gasteiger partial charge in [-0.15, -0.1) is 11.3 Å². The molecule has 4 rings (SSSR count). The quantitative estimate of drug-likeness (QED) is 0.773. The maximum Gasteiger partial charge on any atom is 0.262 e. The number of fused-ring (bicyclic) bond motifs is 3. The van der Waals surface area contributed by atoms with Crippen molar-refractivity contribution in [1.29, 1.82) is 0 Å². The number of nitrogens with one attached hydrogen (secondary N) is 1. The Kier molecular flexibility index (Phi) is 4.19. The average Bonchev–Trinajstić information content (AvgIpc) is 3.05. The van der Waals surface area contributed by atoms with Gasteiger partial charge in [-0.1, -0.05) is 24.3 Å². The SMILES string of the molecule is CCOc1ncccc1C(=O)Nc1nc2c(s1)CCc1ccccc1-2. The number of pyridine rings is 1. The predicted octanol–water partition coefficient (Wildman–Crippen LogP) is 3.95. The van der Waals surface area contributed by atoms with Crippen LogP contribution in [0.4, 0.5) is 5.13 Å². The second-order valence-electron chi connectivity index (χ2n) is 5.69. The van der Waals surface area contributed by atoms with Gasteiger partial charge in [0.2, 0.25) is 5.88 Å². The summed E-state index contributed by atoms with van der Waals surface area (Å²) in [6.07, 6.45) is 3.58. The number of anilines is 1. The summed E-state index contributed by atoms with van der Waals surface area (Å²) < 4.78 is 5.43. The van der Waals surface area contributed by atoms with Crippen LogP contribution in [0, 0.1) is 0 Å². The Morgan fingerprint density at radius 3 is 3.00 bits per heavy atom. The third kappa shape index (κ3) is 3.00. The second-order valence-corrected chi connectivity index (χ2v) is 6.77. The van der Waals surface area contributed by atoms with Crippen molar-refractivity contribution in [3.05, 3.63) is 58.6 Å². The Hall–Kier alpha value is -2.73. The number of nitrogens with zero attached hydrogens (tertiary/aromatic N) is 2. The van der Waals surface area contributed by atoms with E-state index >= 15 is 0 Å². The molecule has 0 spiro atoms. The summed E-state index contributed by atoms with van der Waals surface area (Å²) in [5, 5.41) is 3.50. The Morgan fingerprint density at radius 1 is 1.24 bits per heavy atom. The standard InChI is InChI=1S/C19H17N3O2S/c1-2-24-18-14(8-5-11-20-18)17(23)22-19-21-16-13-7-4-3-6-12(13)9-10-15(16)25-19/h3-8,11H,2,9-10H2,1H3,(H,21,22,23). The van der Waals surface area contributed by atoms with Gasteiger partial charge >= 0.3 is 0 Å². The predicted molar refractivity (Wildman–Crippen MR) is 98.3 cm³/mol. The normalized spacial score (nSPS) is 12.2. The number of hydrogen-bond donors (Lipinski definition) is 1. The zero-order chi connectivity index (χ0) is 17.2. The van der Waals surface area contributed by atoms with E-state index in [2.05, 4.69) is 33.5 Å². The van der Waals surface area contributed by atoms with Crippen molar-refractivity contribution in [1.82, 2.24) is 9.97 Å². The van der Waals surface area contributed by atoms with Crippen LogP contribution < -0.4 is 10.1 Å². The Balaban J connectivity index is 1.61. The van der Waals surface area contributed by atoms with Crippen LogP contribution in [0.2, 0.25) is 0 Å². The number of aromatic nitrogens is 2. The number of rotatable bonds is 4. The van der Waals surface area contributed by atoms with Gasteiger partial charge in [-0.2, -0.15) is 0 Å². The van der Waals surface area contributed by atoms with Crippen LogP contribution in [-0.4, -0.2) is 22.5 Å². The van der Waals surface area contributed by atoms with Crippen molar-refractivity contribution in [2.45, 2.75) is 19.8 Å². The maximum absolute atomic E-state index is 12.6. The first-order valence-electron chi connectivity index (χ1n) is 8.23. The van der Waals surface area contributed by atoms with Crippen LogP contribution in [0.25, 0.3) is 11.3 Å². The van der Waals surface area contributed by atoms with E-state index in [9.17, 15) is 4.79 Å². The molecule has 0 saturated heterocycles. The van der Waals surface area contributed by atoms with E-state index in [1.54, 1.807) is 18.3 Å². The average molecular weight is 351 g/mol. The zero-order valence-electron chi connectivity index (χ0n) is 13.8. The Morgan fingerprint density at radius 2 is 2.12 bits per heavy atom. The van der Waals surface area contributed by atoms with Crippen LogP contribution in [0.15, 0.2) is 42.6 Å². The molecule has 2 heterocycles. The first kappa shape index (κ1) is 15.8. The van der Waals surface area contributed by atoms with Crippen LogP contribution >= 0.6 is 11.3 Å². The summed E-state index contributed by atoms with van der Waals surface area (Å²) in [6.45, 7) is 2.32. The van der Waals surface area contributed by atoms with Gasteiger partial charge in [0.05, 0.1) is 12.3 Å².